The molecule has 0 saturated carbocycles. The molecule has 2 rings (SSSR count). The number of ether oxygens (including phenoxy) is 1. The highest BCUT2D eigenvalue weighted by Gasteiger charge is 2.13. The van der Waals surface area contributed by atoms with Crippen molar-refractivity contribution in [3.8, 4) is 5.88 Å². The maximum absolute atomic E-state index is 5.86. The van der Waals surface area contributed by atoms with Gasteiger partial charge in [-0.25, -0.2) is 4.98 Å². The summed E-state index contributed by atoms with van der Waals surface area (Å²) in [6.07, 6.45) is 0.999. The lowest BCUT2D eigenvalue weighted by Crippen LogP contribution is -2.12. The molecule has 2 aromatic rings. The van der Waals surface area contributed by atoms with Crippen molar-refractivity contribution in [3.63, 3.8) is 0 Å². The Labute approximate surface area is 118 Å². The van der Waals surface area contributed by atoms with Gasteiger partial charge in [0, 0.05) is 6.54 Å². The van der Waals surface area contributed by atoms with E-state index < -0.39 is 0 Å². The van der Waals surface area contributed by atoms with Crippen molar-refractivity contribution >= 4 is 27.5 Å². The number of fused-ring (bicyclic) bond motifs is 1. The molecule has 0 aliphatic rings. The zero-order valence-corrected chi connectivity index (χ0v) is 12.8. The van der Waals surface area contributed by atoms with E-state index in [0.29, 0.717) is 18.4 Å². The molecule has 2 heterocycles. The lowest BCUT2D eigenvalue weighted by Gasteiger charge is -2.18. The molecular weight excluding hydrogens is 258 g/mol. The Morgan fingerprint density at radius 1 is 1.32 bits per heavy atom. The quantitative estimate of drug-likeness (QED) is 0.900. The first-order valence-electron chi connectivity index (χ1n) is 6.61. The van der Waals surface area contributed by atoms with Crippen LogP contribution in [0.25, 0.3) is 10.2 Å². The van der Waals surface area contributed by atoms with Crippen molar-refractivity contribution < 1.29 is 4.74 Å². The van der Waals surface area contributed by atoms with Gasteiger partial charge in [0.1, 0.15) is 4.83 Å². The molecule has 0 amide bonds. The van der Waals surface area contributed by atoms with Gasteiger partial charge in [0.2, 0.25) is 11.8 Å². The van der Waals surface area contributed by atoms with Crippen molar-refractivity contribution in [2.45, 2.75) is 34.1 Å². The number of thiophene rings is 1. The predicted octanol–water partition coefficient (Wildman–Crippen LogP) is 3.94. The second-order valence-electron chi connectivity index (χ2n) is 5.68. The van der Waals surface area contributed by atoms with Gasteiger partial charge in [-0.15, -0.1) is 11.3 Å². The fourth-order valence-electron chi connectivity index (χ4n) is 1.63. The standard InChI is InChI=1S/C14H21N3OS/c1-5-15-13-16-11(18-8-7-14(2,3)4)10-6-9-19-12(10)17-13/h6,9H,5,7-8H2,1-4H3,(H,15,16,17). The van der Waals surface area contributed by atoms with Crippen molar-refractivity contribution in [2.75, 3.05) is 18.5 Å². The van der Waals surface area contributed by atoms with Gasteiger partial charge in [-0.3, -0.25) is 0 Å². The second kappa shape index (κ2) is 5.74. The van der Waals surface area contributed by atoms with Crippen LogP contribution in [0.15, 0.2) is 11.4 Å². The minimum Gasteiger partial charge on any atom is -0.477 e. The molecule has 2 aromatic heterocycles. The molecule has 0 aromatic carbocycles. The van der Waals surface area contributed by atoms with E-state index in [0.717, 1.165) is 23.2 Å². The van der Waals surface area contributed by atoms with E-state index in [1.165, 1.54) is 0 Å². The molecule has 0 unspecified atom stereocenters. The molecule has 0 radical (unpaired) electrons. The average Bonchev–Trinajstić information content (AvgIpc) is 2.76. The number of aromatic nitrogens is 2. The lowest BCUT2D eigenvalue weighted by atomic mass is 9.93. The normalized spacial score (nSPS) is 11.8. The van der Waals surface area contributed by atoms with Crippen LogP contribution < -0.4 is 10.1 Å². The highest BCUT2D eigenvalue weighted by molar-refractivity contribution is 7.16. The van der Waals surface area contributed by atoms with Gasteiger partial charge in [0.25, 0.3) is 0 Å². The number of nitrogens with one attached hydrogen (secondary N) is 1. The van der Waals surface area contributed by atoms with Crippen LogP contribution in [0.3, 0.4) is 0 Å². The summed E-state index contributed by atoms with van der Waals surface area (Å²) in [5.74, 6) is 1.33. The Morgan fingerprint density at radius 2 is 2.11 bits per heavy atom. The molecule has 0 spiro atoms. The van der Waals surface area contributed by atoms with Gasteiger partial charge in [-0.1, -0.05) is 20.8 Å². The molecule has 0 fully saturated rings. The zero-order valence-electron chi connectivity index (χ0n) is 12.0. The zero-order chi connectivity index (χ0) is 13.9. The summed E-state index contributed by atoms with van der Waals surface area (Å²) in [6.45, 7) is 10.1. The minimum atomic E-state index is 0.269. The first kappa shape index (κ1) is 14.1. The third kappa shape index (κ3) is 3.80. The lowest BCUT2D eigenvalue weighted by molar-refractivity contribution is 0.239. The highest BCUT2D eigenvalue weighted by Crippen LogP contribution is 2.29. The van der Waals surface area contributed by atoms with Crippen LogP contribution in [0.2, 0.25) is 0 Å². The van der Waals surface area contributed by atoms with E-state index in [9.17, 15) is 0 Å². The summed E-state index contributed by atoms with van der Waals surface area (Å²) in [5.41, 5.74) is 0.269. The van der Waals surface area contributed by atoms with E-state index in [-0.39, 0.29) is 5.41 Å². The molecule has 4 nitrogen and oxygen atoms in total. The first-order valence-corrected chi connectivity index (χ1v) is 7.49. The molecule has 0 saturated heterocycles. The first-order chi connectivity index (χ1) is 8.99. The van der Waals surface area contributed by atoms with Gasteiger partial charge in [-0.05, 0) is 30.2 Å². The molecular formula is C14H21N3OS. The minimum absolute atomic E-state index is 0.269. The Hall–Kier alpha value is -1.36. The van der Waals surface area contributed by atoms with Crippen LogP contribution in [0, 0.1) is 5.41 Å². The summed E-state index contributed by atoms with van der Waals surface area (Å²) < 4.78 is 5.86. The average molecular weight is 279 g/mol. The van der Waals surface area contributed by atoms with Crippen LogP contribution in [0.1, 0.15) is 34.1 Å². The van der Waals surface area contributed by atoms with Crippen molar-refractivity contribution in [1.29, 1.82) is 0 Å². The van der Waals surface area contributed by atoms with Gasteiger partial charge >= 0.3 is 0 Å². The Morgan fingerprint density at radius 3 is 2.79 bits per heavy atom. The van der Waals surface area contributed by atoms with Crippen LogP contribution in [0.5, 0.6) is 5.88 Å². The largest absolute Gasteiger partial charge is 0.477 e. The summed E-state index contributed by atoms with van der Waals surface area (Å²) in [4.78, 5) is 9.87. The fourth-order valence-corrected chi connectivity index (χ4v) is 2.38. The second-order valence-corrected chi connectivity index (χ2v) is 6.58. The van der Waals surface area contributed by atoms with E-state index in [1.54, 1.807) is 11.3 Å². The summed E-state index contributed by atoms with van der Waals surface area (Å²) in [7, 11) is 0. The topological polar surface area (TPSA) is 47.0 Å². The van der Waals surface area contributed by atoms with Crippen LogP contribution in [-0.2, 0) is 0 Å². The Bertz CT molecular complexity index is 545. The summed E-state index contributed by atoms with van der Waals surface area (Å²) in [6, 6.07) is 2.02. The van der Waals surface area contributed by atoms with E-state index in [4.69, 9.17) is 4.74 Å². The summed E-state index contributed by atoms with van der Waals surface area (Å²) in [5, 5.41) is 6.16. The third-order valence-electron chi connectivity index (χ3n) is 2.72. The van der Waals surface area contributed by atoms with Crippen molar-refractivity contribution in [1.82, 2.24) is 9.97 Å². The molecule has 0 atom stereocenters. The van der Waals surface area contributed by atoms with Gasteiger partial charge < -0.3 is 10.1 Å². The Kier molecular flexibility index (Phi) is 4.24. The number of rotatable bonds is 5. The third-order valence-corrected chi connectivity index (χ3v) is 3.52. The molecule has 0 aliphatic carbocycles. The van der Waals surface area contributed by atoms with Crippen LogP contribution in [0.4, 0.5) is 5.95 Å². The maximum atomic E-state index is 5.86. The van der Waals surface area contributed by atoms with Gasteiger partial charge in [0.15, 0.2) is 0 Å². The fraction of sp³-hybridized carbons (Fsp3) is 0.571. The number of nitrogens with zero attached hydrogens (tertiary/aromatic N) is 2. The van der Waals surface area contributed by atoms with Gasteiger partial charge in [0.05, 0.1) is 12.0 Å². The van der Waals surface area contributed by atoms with E-state index >= 15 is 0 Å². The number of anilines is 1. The molecule has 104 valence electrons. The number of hydrogen-bond donors (Lipinski definition) is 1. The molecule has 5 heteroatoms. The molecule has 19 heavy (non-hydrogen) atoms. The highest BCUT2D eigenvalue weighted by atomic mass is 32.1. The predicted molar refractivity (Wildman–Crippen MR) is 81.1 cm³/mol. The van der Waals surface area contributed by atoms with Crippen molar-refractivity contribution in [2.24, 2.45) is 5.41 Å². The maximum Gasteiger partial charge on any atom is 0.227 e. The van der Waals surface area contributed by atoms with Crippen LogP contribution >= 0.6 is 11.3 Å². The number of hydrogen-bond acceptors (Lipinski definition) is 5. The van der Waals surface area contributed by atoms with E-state index in [1.807, 2.05) is 18.4 Å². The monoisotopic (exact) mass is 279 g/mol. The molecule has 0 aliphatic heterocycles. The van der Waals surface area contributed by atoms with E-state index in [2.05, 4.69) is 36.1 Å². The molecule has 0 bridgehead atoms. The van der Waals surface area contributed by atoms with Gasteiger partial charge in [-0.2, -0.15) is 4.98 Å². The SMILES string of the molecule is CCNc1nc(OCCC(C)(C)C)c2ccsc2n1. The van der Waals surface area contributed by atoms with Crippen molar-refractivity contribution in [3.05, 3.63) is 11.4 Å². The smallest absolute Gasteiger partial charge is 0.227 e. The summed E-state index contributed by atoms with van der Waals surface area (Å²) >= 11 is 1.61. The van der Waals surface area contributed by atoms with Crippen LogP contribution in [-0.4, -0.2) is 23.1 Å². The Balaban J connectivity index is 2.18. The molecule has 1 N–H and O–H groups in total.